The van der Waals surface area contributed by atoms with E-state index in [2.05, 4.69) is 55.5 Å². The highest BCUT2D eigenvalue weighted by molar-refractivity contribution is 5.69. The van der Waals surface area contributed by atoms with Gasteiger partial charge < -0.3 is 14.2 Å². The predicted molar refractivity (Wildman–Crippen MR) is 135 cm³/mol. The molecule has 0 saturated heterocycles. The average Bonchev–Trinajstić information content (AvgIpc) is 3.23. The molecule has 2 rings (SSSR count). The summed E-state index contributed by atoms with van der Waals surface area (Å²) >= 11 is 0. The molecular weight excluding hydrogens is 412 g/mol. The van der Waals surface area contributed by atoms with Crippen molar-refractivity contribution >= 4 is 5.97 Å². The summed E-state index contributed by atoms with van der Waals surface area (Å²) in [5.41, 5.74) is 1.15. The minimum atomic E-state index is -0.138. The van der Waals surface area contributed by atoms with Crippen molar-refractivity contribution in [3.63, 3.8) is 0 Å². The second-order valence-corrected chi connectivity index (χ2v) is 8.71. The third-order valence-electron chi connectivity index (χ3n) is 6.22. The van der Waals surface area contributed by atoms with Crippen LogP contribution in [0.4, 0.5) is 0 Å². The Labute approximate surface area is 200 Å². The molecule has 1 aromatic rings. The Kier molecular flexibility index (Phi) is 13.3. The van der Waals surface area contributed by atoms with Crippen LogP contribution >= 0.6 is 0 Å². The van der Waals surface area contributed by atoms with E-state index in [1.807, 2.05) is 12.1 Å². The van der Waals surface area contributed by atoms with Crippen molar-refractivity contribution in [2.45, 2.75) is 77.4 Å². The fourth-order valence-electron chi connectivity index (χ4n) is 4.16. The number of benzene rings is 1. The van der Waals surface area contributed by atoms with Crippen LogP contribution in [-0.2, 0) is 20.9 Å². The highest BCUT2D eigenvalue weighted by Gasteiger charge is 2.30. The number of rotatable bonds is 16. The van der Waals surface area contributed by atoms with Crippen molar-refractivity contribution in [3.05, 3.63) is 66.3 Å². The first-order valence-electron chi connectivity index (χ1n) is 12.5. The standard InChI is InChI=1S/C29H42O4/c1-4-5-6-7-8-11-14-25-19-22-28(33-23-24-17-20-26(31-2)21-18-24)27(25)15-12-9-10-13-16-29(30)32-3/h8-9,11-12,17-22,25,27-28H,4-7,10,13-16,23H2,1-3H3/b11-8-,12-9-/t25-,27+,28+/m1/s1. The molecule has 3 atom stereocenters. The molecule has 182 valence electrons. The van der Waals surface area contributed by atoms with Crippen molar-refractivity contribution < 1.29 is 19.0 Å². The normalized spacial score (nSPS) is 20.2. The largest absolute Gasteiger partial charge is 0.497 e. The Hall–Kier alpha value is -2.33. The first-order chi connectivity index (χ1) is 16.2. The molecule has 0 saturated carbocycles. The molecule has 0 amide bonds. The van der Waals surface area contributed by atoms with Gasteiger partial charge in [0.2, 0.25) is 0 Å². The Morgan fingerprint density at radius 1 is 0.909 bits per heavy atom. The van der Waals surface area contributed by atoms with E-state index in [4.69, 9.17) is 14.2 Å². The zero-order valence-electron chi connectivity index (χ0n) is 20.7. The lowest BCUT2D eigenvalue weighted by Gasteiger charge is -2.24. The lowest BCUT2D eigenvalue weighted by molar-refractivity contribution is -0.140. The third-order valence-corrected chi connectivity index (χ3v) is 6.22. The molecule has 1 aliphatic carbocycles. The Morgan fingerprint density at radius 2 is 1.64 bits per heavy atom. The fourth-order valence-corrected chi connectivity index (χ4v) is 4.16. The van der Waals surface area contributed by atoms with Gasteiger partial charge in [-0.2, -0.15) is 0 Å². The molecule has 0 N–H and O–H groups in total. The van der Waals surface area contributed by atoms with E-state index in [-0.39, 0.29) is 12.1 Å². The monoisotopic (exact) mass is 454 g/mol. The smallest absolute Gasteiger partial charge is 0.305 e. The maximum absolute atomic E-state index is 11.3. The molecule has 4 heteroatoms. The molecule has 1 aromatic carbocycles. The summed E-state index contributed by atoms with van der Waals surface area (Å²) in [6.07, 6.45) is 23.1. The van der Waals surface area contributed by atoms with Gasteiger partial charge in [0.15, 0.2) is 0 Å². The van der Waals surface area contributed by atoms with Gasteiger partial charge in [-0.15, -0.1) is 0 Å². The number of ether oxygens (including phenoxy) is 3. The molecule has 0 spiro atoms. The second-order valence-electron chi connectivity index (χ2n) is 8.71. The summed E-state index contributed by atoms with van der Waals surface area (Å²) in [4.78, 5) is 11.3. The third kappa shape index (κ3) is 10.4. The Bertz CT molecular complexity index is 747. The summed E-state index contributed by atoms with van der Waals surface area (Å²) in [5.74, 6) is 1.65. The highest BCUT2D eigenvalue weighted by atomic mass is 16.5. The number of allylic oxidation sites excluding steroid dienone is 5. The summed E-state index contributed by atoms with van der Waals surface area (Å²) in [7, 11) is 3.12. The maximum atomic E-state index is 11.3. The SMILES string of the molecule is CCCCC/C=C\C[C@@H]1C=C[C@H](OCc2ccc(OC)cc2)[C@H]1C/C=C\CCCC(=O)OC. The van der Waals surface area contributed by atoms with Crippen molar-refractivity contribution in [2.24, 2.45) is 11.8 Å². The quantitative estimate of drug-likeness (QED) is 0.150. The molecule has 1 aliphatic rings. The van der Waals surface area contributed by atoms with Crippen LogP contribution < -0.4 is 4.74 Å². The van der Waals surface area contributed by atoms with Crippen LogP contribution in [0.15, 0.2) is 60.7 Å². The summed E-state index contributed by atoms with van der Waals surface area (Å²) < 4.78 is 16.3. The topological polar surface area (TPSA) is 44.8 Å². The number of methoxy groups -OCH3 is 2. The number of hydrogen-bond acceptors (Lipinski definition) is 4. The van der Waals surface area contributed by atoms with E-state index in [0.29, 0.717) is 24.9 Å². The number of unbranched alkanes of at least 4 members (excludes halogenated alkanes) is 4. The second kappa shape index (κ2) is 16.3. The van der Waals surface area contributed by atoms with Gasteiger partial charge in [0.25, 0.3) is 0 Å². The van der Waals surface area contributed by atoms with Gasteiger partial charge in [-0.05, 0) is 68.1 Å². The number of carbonyl (C=O) groups excluding carboxylic acids is 1. The van der Waals surface area contributed by atoms with E-state index in [9.17, 15) is 4.79 Å². The van der Waals surface area contributed by atoms with E-state index in [1.54, 1.807) is 7.11 Å². The van der Waals surface area contributed by atoms with Crippen molar-refractivity contribution in [1.82, 2.24) is 0 Å². The van der Waals surface area contributed by atoms with Crippen LogP contribution in [0.3, 0.4) is 0 Å². The molecular formula is C29H42O4. The molecule has 4 nitrogen and oxygen atoms in total. The van der Waals surface area contributed by atoms with Crippen LogP contribution in [0.5, 0.6) is 5.75 Å². The van der Waals surface area contributed by atoms with Gasteiger partial charge in [0.05, 0.1) is 26.9 Å². The summed E-state index contributed by atoms with van der Waals surface area (Å²) in [5, 5.41) is 0. The van der Waals surface area contributed by atoms with Gasteiger partial charge >= 0.3 is 5.97 Å². The zero-order valence-corrected chi connectivity index (χ0v) is 20.7. The van der Waals surface area contributed by atoms with Crippen molar-refractivity contribution in [2.75, 3.05) is 14.2 Å². The first kappa shape index (κ1) is 26.9. The molecule has 0 fully saturated rings. The molecule has 0 bridgehead atoms. The Balaban J connectivity index is 1.88. The number of carbonyl (C=O) groups is 1. The number of esters is 1. The molecule has 33 heavy (non-hydrogen) atoms. The lowest BCUT2D eigenvalue weighted by Crippen LogP contribution is -2.22. The van der Waals surface area contributed by atoms with E-state index in [0.717, 1.165) is 37.0 Å². The van der Waals surface area contributed by atoms with Gasteiger partial charge in [0.1, 0.15) is 5.75 Å². The van der Waals surface area contributed by atoms with Gasteiger partial charge in [-0.25, -0.2) is 0 Å². The van der Waals surface area contributed by atoms with Crippen molar-refractivity contribution in [3.8, 4) is 5.75 Å². The maximum Gasteiger partial charge on any atom is 0.305 e. The minimum absolute atomic E-state index is 0.116. The predicted octanol–water partition coefficient (Wildman–Crippen LogP) is 7.20. The van der Waals surface area contributed by atoms with E-state index in [1.165, 1.54) is 32.8 Å². The molecule has 0 aromatic heterocycles. The lowest BCUT2D eigenvalue weighted by atomic mass is 9.87. The average molecular weight is 455 g/mol. The van der Waals surface area contributed by atoms with Gasteiger partial charge in [-0.1, -0.05) is 68.4 Å². The molecule has 0 heterocycles. The van der Waals surface area contributed by atoms with Crippen LogP contribution in [0.1, 0.15) is 70.3 Å². The first-order valence-corrected chi connectivity index (χ1v) is 12.5. The van der Waals surface area contributed by atoms with Crippen LogP contribution in [-0.4, -0.2) is 26.3 Å². The summed E-state index contributed by atoms with van der Waals surface area (Å²) in [6.45, 7) is 2.84. The van der Waals surface area contributed by atoms with Gasteiger partial charge in [0, 0.05) is 6.42 Å². The highest BCUT2D eigenvalue weighted by Crippen LogP contribution is 2.34. The van der Waals surface area contributed by atoms with E-state index >= 15 is 0 Å². The fraction of sp³-hybridized carbons (Fsp3) is 0.552. The van der Waals surface area contributed by atoms with Crippen LogP contribution in [0.25, 0.3) is 0 Å². The minimum Gasteiger partial charge on any atom is -0.497 e. The summed E-state index contributed by atoms with van der Waals surface area (Å²) in [6, 6.07) is 8.07. The zero-order chi connectivity index (χ0) is 23.7. The number of hydrogen-bond donors (Lipinski definition) is 0. The molecule has 0 unspecified atom stereocenters. The van der Waals surface area contributed by atoms with Crippen LogP contribution in [0.2, 0.25) is 0 Å². The van der Waals surface area contributed by atoms with Gasteiger partial charge in [-0.3, -0.25) is 4.79 Å². The Morgan fingerprint density at radius 3 is 2.33 bits per heavy atom. The van der Waals surface area contributed by atoms with Crippen molar-refractivity contribution in [1.29, 1.82) is 0 Å². The molecule has 0 aliphatic heterocycles. The van der Waals surface area contributed by atoms with Crippen LogP contribution in [0, 0.1) is 11.8 Å². The van der Waals surface area contributed by atoms with E-state index < -0.39 is 0 Å². The molecule has 0 radical (unpaired) electrons.